The predicted octanol–water partition coefficient (Wildman–Crippen LogP) is 4.04. The molecule has 1 aliphatic heterocycles. The molecule has 1 fully saturated rings. The monoisotopic (exact) mass is 430 g/mol. The third-order valence-corrected chi connectivity index (χ3v) is 5.50. The molecule has 30 heavy (non-hydrogen) atoms. The highest BCUT2D eigenvalue weighted by Crippen LogP contribution is 2.27. The van der Waals surface area contributed by atoms with Gasteiger partial charge in [0.2, 0.25) is 5.91 Å². The Morgan fingerprint density at radius 2 is 2.03 bits per heavy atom. The summed E-state index contributed by atoms with van der Waals surface area (Å²) < 4.78 is 32.3. The first kappa shape index (κ1) is 20.5. The summed E-state index contributed by atoms with van der Waals surface area (Å²) >= 11 is 1.21. The van der Waals surface area contributed by atoms with Crippen molar-refractivity contribution >= 4 is 40.1 Å². The summed E-state index contributed by atoms with van der Waals surface area (Å²) in [5.41, 5.74) is 1.04. The zero-order valence-electron chi connectivity index (χ0n) is 16.0. The number of anilines is 2. The standard InChI is InChI=1S/C21H20F2N4O2S/c22-16-8-7-13(10-17(16)23)25-20-15-5-1-2-6-18(15)26-21(27-20)30-12-19(28)24-11-14-4-3-9-29-14/h1-2,5-8,10,14H,3-4,9,11-12H2,(H,24,28)(H,25,26,27)/t14-/m0/s1. The molecule has 3 aromatic rings. The van der Waals surface area contributed by atoms with E-state index in [0.717, 1.165) is 37.0 Å². The first-order valence-corrected chi connectivity index (χ1v) is 10.6. The van der Waals surface area contributed by atoms with Gasteiger partial charge in [-0.05, 0) is 37.1 Å². The lowest BCUT2D eigenvalue weighted by Gasteiger charge is -2.12. The van der Waals surface area contributed by atoms with Crippen molar-refractivity contribution in [2.45, 2.75) is 24.1 Å². The zero-order chi connectivity index (χ0) is 20.9. The van der Waals surface area contributed by atoms with Gasteiger partial charge in [-0.3, -0.25) is 4.79 Å². The van der Waals surface area contributed by atoms with Crippen LogP contribution in [-0.2, 0) is 9.53 Å². The van der Waals surface area contributed by atoms with E-state index < -0.39 is 11.6 Å². The van der Waals surface area contributed by atoms with E-state index in [0.29, 0.717) is 28.7 Å². The molecule has 1 saturated heterocycles. The third kappa shape index (κ3) is 5.03. The van der Waals surface area contributed by atoms with Gasteiger partial charge >= 0.3 is 0 Å². The second-order valence-corrected chi connectivity index (χ2v) is 7.80. The Bertz CT molecular complexity index is 1060. The van der Waals surface area contributed by atoms with Gasteiger partial charge in [0.05, 0.1) is 17.4 Å². The number of para-hydroxylation sites is 1. The largest absolute Gasteiger partial charge is 0.376 e. The maximum absolute atomic E-state index is 13.6. The Labute approximate surface area is 176 Å². The number of nitrogens with zero attached hydrogens (tertiary/aromatic N) is 2. The van der Waals surface area contributed by atoms with Gasteiger partial charge in [0.15, 0.2) is 16.8 Å². The highest BCUT2D eigenvalue weighted by molar-refractivity contribution is 7.99. The van der Waals surface area contributed by atoms with Gasteiger partial charge in [0.1, 0.15) is 5.82 Å². The number of ether oxygens (including phenoxy) is 1. The molecule has 2 heterocycles. The van der Waals surface area contributed by atoms with E-state index in [4.69, 9.17) is 4.74 Å². The fourth-order valence-electron chi connectivity index (χ4n) is 3.14. The molecule has 2 aromatic carbocycles. The van der Waals surface area contributed by atoms with Gasteiger partial charge in [-0.25, -0.2) is 18.7 Å². The Morgan fingerprint density at radius 3 is 2.83 bits per heavy atom. The summed E-state index contributed by atoms with van der Waals surface area (Å²) in [6.07, 6.45) is 2.07. The van der Waals surface area contributed by atoms with E-state index in [1.165, 1.54) is 17.8 Å². The van der Waals surface area contributed by atoms with Gasteiger partial charge in [0, 0.05) is 30.3 Å². The predicted molar refractivity (Wildman–Crippen MR) is 112 cm³/mol. The van der Waals surface area contributed by atoms with E-state index in [1.807, 2.05) is 24.3 Å². The minimum atomic E-state index is -0.948. The lowest BCUT2D eigenvalue weighted by Crippen LogP contribution is -2.32. The second kappa shape index (κ2) is 9.36. The number of fused-ring (bicyclic) bond motifs is 1. The molecule has 6 nitrogen and oxygen atoms in total. The molecule has 9 heteroatoms. The lowest BCUT2D eigenvalue weighted by molar-refractivity contribution is -0.119. The van der Waals surface area contributed by atoms with Gasteiger partial charge in [0.25, 0.3) is 0 Å². The Hall–Kier alpha value is -2.78. The van der Waals surface area contributed by atoms with Crippen LogP contribution in [0.15, 0.2) is 47.6 Å². The lowest BCUT2D eigenvalue weighted by atomic mass is 10.2. The number of thioether (sulfide) groups is 1. The summed E-state index contributed by atoms with van der Waals surface area (Å²) in [5.74, 6) is -1.37. The van der Waals surface area contributed by atoms with Crippen LogP contribution in [-0.4, -0.2) is 40.9 Å². The quantitative estimate of drug-likeness (QED) is 0.435. The molecule has 4 rings (SSSR count). The molecule has 1 amide bonds. The number of halogens is 2. The number of carbonyl (C=O) groups excluding carboxylic acids is 1. The number of rotatable bonds is 7. The first-order valence-electron chi connectivity index (χ1n) is 9.58. The first-order chi connectivity index (χ1) is 14.6. The molecule has 0 bridgehead atoms. The summed E-state index contributed by atoms with van der Waals surface area (Å²) in [6, 6.07) is 10.9. The van der Waals surface area contributed by atoms with Crippen molar-refractivity contribution in [1.29, 1.82) is 0 Å². The number of aromatic nitrogens is 2. The van der Waals surface area contributed by atoms with Crippen LogP contribution in [0, 0.1) is 11.6 Å². The Morgan fingerprint density at radius 1 is 1.17 bits per heavy atom. The second-order valence-electron chi connectivity index (χ2n) is 6.85. The van der Waals surface area contributed by atoms with Crippen molar-refractivity contribution in [3.05, 3.63) is 54.1 Å². The highest BCUT2D eigenvalue weighted by atomic mass is 32.2. The van der Waals surface area contributed by atoms with Crippen LogP contribution in [0.2, 0.25) is 0 Å². The minimum Gasteiger partial charge on any atom is -0.376 e. The van der Waals surface area contributed by atoms with Gasteiger partial charge in [-0.15, -0.1) is 0 Å². The van der Waals surface area contributed by atoms with Crippen molar-refractivity contribution in [2.24, 2.45) is 0 Å². The number of nitrogens with one attached hydrogen (secondary N) is 2. The fraction of sp³-hybridized carbons (Fsp3) is 0.286. The molecule has 0 radical (unpaired) electrons. The van der Waals surface area contributed by atoms with Crippen molar-refractivity contribution in [3.63, 3.8) is 0 Å². The summed E-state index contributed by atoms with van der Waals surface area (Å²) in [4.78, 5) is 21.1. The number of carbonyl (C=O) groups is 1. The zero-order valence-corrected chi connectivity index (χ0v) is 16.8. The maximum atomic E-state index is 13.6. The molecule has 0 unspecified atom stereocenters. The van der Waals surface area contributed by atoms with Crippen molar-refractivity contribution in [1.82, 2.24) is 15.3 Å². The fourth-order valence-corrected chi connectivity index (χ4v) is 3.82. The molecule has 0 spiro atoms. The third-order valence-electron chi connectivity index (χ3n) is 4.65. The van der Waals surface area contributed by atoms with E-state index in [-0.39, 0.29) is 17.8 Å². The molecular weight excluding hydrogens is 410 g/mol. The highest BCUT2D eigenvalue weighted by Gasteiger charge is 2.17. The van der Waals surface area contributed by atoms with Gasteiger partial charge in [-0.2, -0.15) is 0 Å². The van der Waals surface area contributed by atoms with Crippen LogP contribution >= 0.6 is 11.8 Å². The number of amides is 1. The van der Waals surface area contributed by atoms with Crippen molar-refractivity contribution in [2.75, 3.05) is 24.2 Å². The summed E-state index contributed by atoms with van der Waals surface area (Å²) in [5, 5.41) is 7.02. The smallest absolute Gasteiger partial charge is 0.230 e. The summed E-state index contributed by atoms with van der Waals surface area (Å²) in [7, 11) is 0. The van der Waals surface area contributed by atoms with Crippen LogP contribution in [0.25, 0.3) is 10.9 Å². The molecule has 0 aliphatic carbocycles. The Kier molecular flexibility index (Phi) is 6.39. The van der Waals surface area contributed by atoms with E-state index in [9.17, 15) is 13.6 Å². The number of hydrogen-bond acceptors (Lipinski definition) is 6. The van der Waals surface area contributed by atoms with Gasteiger partial charge < -0.3 is 15.4 Å². The molecule has 1 atom stereocenters. The number of benzene rings is 2. The van der Waals surface area contributed by atoms with Gasteiger partial charge in [-0.1, -0.05) is 23.9 Å². The van der Waals surface area contributed by atoms with Crippen LogP contribution in [0.3, 0.4) is 0 Å². The molecule has 1 aromatic heterocycles. The van der Waals surface area contributed by atoms with E-state index in [1.54, 1.807) is 0 Å². The van der Waals surface area contributed by atoms with Crippen molar-refractivity contribution < 1.29 is 18.3 Å². The van der Waals surface area contributed by atoms with E-state index in [2.05, 4.69) is 20.6 Å². The topological polar surface area (TPSA) is 76.1 Å². The minimum absolute atomic E-state index is 0.0859. The molecular formula is C21H20F2N4O2S. The van der Waals surface area contributed by atoms with Crippen LogP contribution in [0.4, 0.5) is 20.3 Å². The molecule has 2 N–H and O–H groups in total. The molecule has 156 valence electrons. The van der Waals surface area contributed by atoms with Crippen molar-refractivity contribution in [3.8, 4) is 0 Å². The Balaban J connectivity index is 1.48. The molecule has 1 aliphatic rings. The van der Waals surface area contributed by atoms with Crippen LogP contribution in [0.5, 0.6) is 0 Å². The average molecular weight is 430 g/mol. The molecule has 0 saturated carbocycles. The maximum Gasteiger partial charge on any atom is 0.230 e. The van der Waals surface area contributed by atoms with Crippen LogP contribution < -0.4 is 10.6 Å². The average Bonchev–Trinajstić information content (AvgIpc) is 3.27. The van der Waals surface area contributed by atoms with E-state index >= 15 is 0 Å². The van der Waals surface area contributed by atoms with Crippen LogP contribution in [0.1, 0.15) is 12.8 Å². The SMILES string of the molecule is O=C(CSc1nc(Nc2ccc(F)c(F)c2)c2ccccc2n1)NC[C@@H]1CCCO1. The number of hydrogen-bond donors (Lipinski definition) is 2. The normalized spacial score (nSPS) is 16.0. The summed E-state index contributed by atoms with van der Waals surface area (Å²) in [6.45, 7) is 1.24.